The molecular weight excluding hydrogens is 226 g/mol. The Morgan fingerprint density at radius 3 is 2.44 bits per heavy atom. The summed E-state index contributed by atoms with van der Waals surface area (Å²) < 4.78 is 11.1. The fourth-order valence-electron chi connectivity index (χ4n) is 2.20. The Morgan fingerprint density at radius 1 is 0.889 bits per heavy atom. The van der Waals surface area contributed by atoms with E-state index in [2.05, 4.69) is 6.07 Å². The summed E-state index contributed by atoms with van der Waals surface area (Å²) in [5.41, 5.74) is 10.0. The highest BCUT2D eigenvalue weighted by Crippen LogP contribution is 2.35. The van der Waals surface area contributed by atoms with Crippen molar-refractivity contribution in [3.63, 3.8) is 0 Å². The Balaban J connectivity index is 2.06. The van der Waals surface area contributed by atoms with Gasteiger partial charge in [0.05, 0.1) is 0 Å². The van der Waals surface area contributed by atoms with Crippen LogP contribution in [0.3, 0.4) is 0 Å². The third kappa shape index (κ3) is 1.99. The average Bonchev–Trinajstić information content (AvgIpc) is 2.37. The molecule has 3 nitrogen and oxygen atoms in total. The van der Waals surface area contributed by atoms with Crippen molar-refractivity contribution >= 4 is 5.69 Å². The Hall–Kier alpha value is -2.16. The number of benzene rings is 2. The van der Waals surface area contributed by atoms with E-state index in [1.807, 2.05) is 37.3 Å². The van der Waals surface area contributed by atoms with E-state index in [0.29, 0.717) is 13.2 Å². The highest BCUT2D eigenvalue weighted by molar-refractivity contribution is 5.71. The molecule has 1 aliphatic heterocycles. The first-order valence-corrected chi connectivity index (χ1v) is 5.99. The zero-order chi connectivity index (χ0) is 12.5. The molecule has 0 saturated heterocycles. The number of ether oxygens (including phenoxy) is 2. The minimum atomic E-state index is 0.604. The molecule has 2 aromatic rings. The van der Waals surface area contributed by atoms with Crippen molar-refractivity contribution in [2.45, 2.75) is 6.92 Å². The predicted octanol–water partition coefficient (Wildman–Crippen LogP) is 3.02. The van der Waals surface area contributed by atoms with E-state index < -0.39 is 0 Å². The number of hydrogen-bond acceptors (Lipinski definition) is 3. The van der Waals surface area contributed by atoms with Crippen LogP contribution in [-0.4, -0.2) is 13.2 Å². The van der Waals surface area contributed by atoms with Gasteiger partial charge in [-0.2, -0.15) is 0 Å². The molecule has 0 spiro atoms. The number of nitrogen functional groups attached to an aromatic ring is 1. The van der Waals surface area contributed by atoms with Gasteiger partial charge in [0.1, 0.15) is 13.2 Å². The summed E-state index contributed by atoms with van der Waals surface area (Å²) in [6, 6.07) is 12.0. The molecule has 0 bridgehead atoms. The molecule has 0 fully saturated rings. The van der Waals surface area contributed by atoms with Crippen LogP contribution in [0, 0.1) is 6.92 Å². The van der Waals surface area contributed by atoms with Crippen molar-refractivity contribution in [3.8, 4) is 22.6 Å². The summed E-state index contributed by atoms with van der Waals surface area (Å²) in [6.45, 7) is 3.26. The maximum absolute atomic E-state index is 5.88. The predicted molar refractivity (Wildman–Crippen MR) is 72.0 cm³/mol. The standard InChI is InChI=1S/C15H15NO2/c1-10-6-12(8-13(16)7-10)11-2-3-14-15(9-11)18-5-4-17-14/h2-3,6-9H,4-5,16H2,1H3. The fourth-order valence-corrected chi connectivity index (χ4v) is 2.20. The van der Waals surface area contributed by atoms with Crippen molar-refractivity contribution in [2.24, 2.45) is 0 Å². The number of fused-ring (bicyclic) bond motifs is 1. The second kappa shape index (κ2) is 4.26. The molecule has 2 aromatic carbocycles. The first-order chi connectivity index (χ1) is 8.72. The number of rotatable bonds is 1. The van der Waals surface area contributed by atoms with Gasteiger partial charge in [0.15, 0.2) is 11.5 Å². The SMILES string of the molecule is Cc1cc(N)cc(-c2ccc3c(c2)OCCO3)c1. The lowest BCUT2D eigenvalue weighted by Gasteiger charge is -2.19. The van der Waals surface area contributed by atoms with Crippen molar-refractivity contribution in [1.82, 2.24) is 0 Å². The van der Waals surface area contributed by atoms with Crippen LogP contribution in [0.1, 0.15) is 5.56 Å². The van der Waals surface area contributed by atoms with E-state index in [-0.39, 0.29) is 0 Å². The zero-order valence-electron chi connectivity index (χ0n) is 10.3. The topological polar surface area (TPSA) is 44.5 Å². The van der Waals surface area contributed by atoms with Crippen molar-refractivity contribution in [1.29, 1.82) is 0 Å². The summed E-state index contributed by atoms with van der Waals surface area (Å²) in [7, 11) is 0. The van der Waals surface area contributed by atoms with Gasteiger partial charge in [-0.1, -0.05) is 12.1 Å². The molecule has 0 amide bonds. The van der Waals surface area contributed by atoms with E-state index in [4.69, 9.17) is 15.2 Å². The number of hydrogen-bond donors (Lipinski definition) is 1. The molecule has 0 radical (unpaired) electrons. The minimum absolute atomic E-state index is 0.604. The van der Waals surface area contributed by atoms with Crippen LogP contribution in [0.15, 0.2) is 36.4 Å². The summed E-state index contributed by atoms with van der Waals surface area (Å²) in [6.07, 6.45) is 0. The van der Waals surface area contributed by atoms with E-state index in [1.54, 1.807) is 0 Å². The van der Waals surface area contributed by atoms with Gasteiger partial charge in [-0.05, 0) is 47.9 Å². The summed E-state index contributed by atoms with van der Waals surface area (Å²) in [4.78, 5) is 0. The maximum Gasteiger partial charge on any atom is 0.161 e. The molecule has 3 rings (SSSR count). The molecule has 92 valence electrons. The van der Waals surface area contributed by atoms with Crippen LogP contribution in [0.25, 0.3) is 11.1 Å². The highest BCUT2D eigenvalue weighted by atomic mass is 16.6. The van der Waals surface area contributed by atoms with E-state index in [1.165, 1.54) is 0 Å². The van der Waals surface area contributed by atoms with Crippen LogP contribution >= 0.6 is 0 Å². The Bertz CT molecular complexity index is 573. The smallest absolute Gasteiger partial charge is 0.161 e. The quantitative estimate of drug-likeness (QED) is 0.780. The Kier molecular flexibility index (Phi) is 2.59. The molecule has 1 heterocycles. The van der Waals surface area contributed by atoms with Gasteiger partial charge in [0, 0.05) is 5.69 Å². The third-order valence-electron chi connectivity index (χ3n) is 2.98. The molecule has 2 N–H and O–H groups in total. The summed E-state index contributed by atoms with van der Waals surface area (Å²) in [5, 5.41) is 0. The lowest BCUT2D eigenvalue weighted by Crippen LogP contribution is -2.15. The second-order valence-electron chi connectivity index (χ2n) is 4.49. The van der Waals surface area contributed by atoms with Gasteiger partial charge in [0.25, 0.3) is 0 Å². The zero-order valence-corrected chi connectivity index (χ0v) is 10.3. The molecule has 0 aliphatic carbocycles. The average molecular weight is 241 g/mol. The van der Waals surface area contributed by atoms with Gasteiger partial charge in [0.2, 0.25) is 0 Å². The van der Waals surface area contributed by atoms with E-state index in [9.17, 15) is 0 Å². The molecule has 18 heavy (non-hydrogen) atoms. The lowest BCUT2D eigenvalue weighted by atomic mass is 10.0. The van der Waals surface area contributed by atoms with Crippen LogP contribution in [0.5, 0.6) is 11.5 Å². The Labute approximate surface area is 106 Å². The number of aryl methyl sites for hydroxylation is 1. The number of anilines is 1. The lowest BCUT2D eigenvalue weighted by molar-refractivity contribution is 0.171. The first-order valence-electron chi connectivity index (χ1n) is 5.99. The van der Waals surface area contributed by atoms with Gasteiger partial charge < -0.3 is 15.2 Å². The van der Waals surface area contributed by atoms with Crippen LogP contribution in [-0.2, 0) is 0 Å². The van der Waals surface area contributed by atoms with Gasteiger partial charge in [-0.25, -0.2) is 0 Å². The van der Waals surface area contributed by atoms with Gasteiger partial charge in [-0.15, -0.1) is 0 Å². The van der Waals surface area contributed by atoms with E-state index in [0.717, 1.165) is 33.9 Å². The first kappa shape index (κ1) is 11.0. The molecule has 3 heteroatoms. The van der Waals surface area contributed by atoms with E-state index >= 15 is 0 Å². The van der Waals surface area contributed by atoms with Crippen molar-refractivity contribution < 1.29 is 9.47 Å². The second-order valence-corrected chi connectivity index (χ2v) is 4.49. The molecule has 0 saturated carbocycles. The third-order valence-corrected chi connectivity index (χ3v) is 2.98. The Morgan fingerprint density at radius 2 is 1.67 bits per heavy atom. The van der Waals surface area contributed by atoms with Gasteiger partial charge in [-0.3, -0.25) is 0 Å². The molecule has 1 aliphatic rings. The van der Waals surface area contributed by atoms with Crippen LogP contribution in [0.2, 0.25) is 0 Å². The fraction of sp³-hybridized carbons (Fsp3) is 0.200. The monoisotopic (exact) mass is 241 g/mol. The van der Waals surface area contributed by atoms with Crippen LogP contribution in [0.4, 0.5) is 5.69 Å². The maximum atomic E-state index is 5.88. The molecule has 0 unspecified atom stereocenters. The largest absolute Gasteiger partial charge is 0.486 e. The van der Waals surface area contributed by atoms with Gasteiger partial charge >= 0.3 is 0 Å². The molecular formula is C15H15NO2. The summed E-state index contributed by atoms with van der Waals surface area (Å²) >= 11 is 0. The van der Waals surface area contributed by atoms with Crippen molar-refractivity contribution in [2.75, 3.05) is 18.9 Å². The normalized spacial score (nSPS) is 13.4. The summed E-state index contributed by atoms with van der Waals surface area (Å²) in [5.74, 6) is 1.62. The van der Waals surface area contributed by atoms with Crippen molar-refractivity contribution in [3.05, 3.63) is 42.0 Å². The minimum Gasteiger partial charge on any atom is -0.486 e. The highest BCUT2D eigenvalue weighted by Gasteiger charge is 2.12. The van der Waals surface area contributed by atoms with Crippen LogP contribution < -0.4 is 15.2 Å². The molecule has 0 aromatic heterocycles. The number of nitrogens with two attached hydrogens (primary N) is 1. The molecule has 0 atom stereocenters.